The van der Waals surface area contributed by atoms with Crippen LogP contribution in [0.1, 0.15) is 32.1 Å². The molecule has 2 fully saturated rings. The minimum Gasteiger partial charge on any atom is -0.497 e. The zero-order valence-corrected chi connectivity index (χ0v) is 17.5. The van der Waals surface area contributed by atoms with Gasteiger partial charge in [0.15, 0.2) is 5.96 Å². The molecule has 1 aromatic carbocycles. The summed E-state index contributed by atoms with van der Waals surface area (Å²) < 4.78 is 5.33. The van der Waals surface area contributed by atoms with Crippen molar-refractivity contribution in [3.63, 3.8) is 0 Å². The first-order valence-electron chi connectivity index (χ1n) is 9.20. The molecule has 0 aliphatic carbocycles. The molecule has 0 amide bonds. The highest BCUT2D eigenvalue weighted by Gasteiger charge is 2.23. The maximum atomic E-state index is 6.23. The topological polar surface area (TPSA) is 54.1 Å². The summed E-state index contributed by atoms with van der Waals surface area (Å²) in [5.41, 5.74) is 7.46. The van der Waals surface area contributed by atoms with E-state index >= 15 is 0 Å². The van der Waals surface area contributed by atoms with Crippen LogP contribution in [0.4, 0.5) is 5.69 Å². The number of anilines is 1. The van der Waals surface area contributed by atoms with Gasteiger partial charge in [0.1, 0.15) is 5.75 Å². The number of nitrogens with zero attached hydrogens (tertiary/aromatic N) is 3. The molecule has 0 spiro atoms. The van der Waals surface area contributed by atoms with Crippen molar-refractivity contribution in [3.05, 3.63) is 24.3 Å². The minimum absolute atomic E-state index is 0. The number of guanidine groups is 1. The van der Waals surface area contributed by atoms with Crippen LogP contribution in [0.3, 0.4) is 0 Å². The van der Waals surface area contributed by atoms with Crippen molar-refractivity contribution in [2.24, 2.45) is 16.6 Å². The third kappa shape index (κ3) is 5.66. The molecule has 2 heterocycles. The van der Waals surface area contributed by atoms with Crippen molar-refractivity contribution < 1.29 is 4.74 Å². The summed E-state index contributed by atoms with van der Waals surface area (Å²) in [6.45, 7) is 5.09. The first kappa shape index (κ1) is 20.1. The summed E-state index contributed by atoms with van der Waals surface area (Å²) in [5, 5.41) is 0. The number of benzene rings is 1. The quantitative estimate of drug-likeness (QED) is 0.427. The standard InChI is InChI=1S/C19H30N4O.HI/c1-24-18-8-6-7-17(13-18)23-12-9-16(15-23)14-21-19(20)22-10-4-2-3-5-11-22;/h6-8,13,16H,2-5,9-12,14-15H2,1H3,(H2,20,21);1H. The molecule has 3 rings (SSSR count). The van der Waals surface area contributed by atoms with Gasteiger partial charge in [-0.05, 0) is 37.3 Å². The average molecular weight is 458 g/mol. The Balaban J connectivity index is 0.00000225. The number of hydrogen-bond donors (Lipinski definition) is 1. The molecule has 1 aromatic rings. The van der Waals surface area contributed by atoms with Crippen LogP contribution in [0.2, 0.25) is 0 Å². The second-order valence-electron chi connectivity index (χ2n) is 6.90. The first-order chi connectivity index (χ1) is 11.8. The monoisotopic (exact) mass is 458 g/mol. The Labute approximate surface area is 168 Å². The van der Waals surface area contributed by atoms with Crippen LogP contribution in [0.5, 0.6) is 5.75 Å². The molecule has 0 saturated carbocycles. The summed E-state index contributed by atoms with van der Waals surface area (Å²) >= 11 is 0. The van der Waals surface area contributed by atoms with Crippen LogP contribution in [0.25, 0.3) is 0 Å². The van der Waals surface area contributed by atoms with Crippen molar-refractivity contribution in [3.8, 4) is 5.75 Å². The summed E-state index contributed by atoms with van der Waals surface area (Å²) in [6.07, 6.45) is 6.30. The lowest BCUT2D eigenvalue weighted by Gasteiger charge is -2.22. The normalized spacial score (nSPS) is 21.6. The van der Waals surface area contributed by atoms with Crippen LogP contribution in [-0.2, 0) is 0 Å². The van der Waals surface area contributed by atoms with Crippen LogP contribution in [0, 0.1) is 5.92 Å². The van der Waals surface area contributed by atoms with Crippen molar-refractivity contribution in [2.45, 2.75) is 32.1 Å². The first-order valence-corrected chi connectivity index (χ1v) is 9.20. The number of aliphatic imine (C=N–C) groups is 1. The van der Waals surface area contributed by atoms with E-state index < -0.39 is 0 Å². The fourth-order valence-corrected chi connectivity index (χ4v) is 3.65. The molecular formula is C19H31IN4O. The smallest absolute Gasteiger partial charge is 0.191 e. The average Bonchev–Trinajstić information content (AvgIpc) is 2.93. The Morgan fingerprint density at radius 2 is 1.96 bits per heavy atom. The lowest BCUT2D eigenvalue weighted by Crippen LogP contribution is -2.38. The Morgan fingerprint density at radius 1 is 1.20 bits per heavy atom. The number of ether oxygens (including phenoxy) is 1. The second kappa shape index (κ2) is 10.1. The third-order valence-corrected chi connectivity index (χ3v) is 5.15. The second-order valence-corrected chi connectivity index (χ2v) is 6.90. The van der Waals surface area contributed by atoms with Gasteiger partial charge in [0.25, 0.3) is 0 Å². The Kier molecular flexibility index (Phi) is 8.12. The Hall–Kier alpha value is -1.18. The maximum absolute atomic E-state index is 6.23. The van der Waals surface area contributed by atoms with E-state index in [4.69, 9.17) is 15.5 Å². The van der Waals surface area contributed by atoms with Gasteiger partial charge in [-0.2, -0.15) is 0 Å². The van der Waals surface area contributed by atoms with E-state index in [-0.39, 0.29) is 24.0 Å². The largest absolute Gasteiger partial charge is 0.497 e. The van der Waals surface area contributed by atoms with Gasteiger partial charge in [0.2, 0.25) is 0 Å². The SMILES string of the molecule is COc1cccc(N2CCC(CN=C(N)N3CCCCCC3)C2)c1.I. The molecular weight excluding hydrogens is 427 g/mol. The molecule has 6 heteroatoms. The zero-order valence-electron chi connectivity index (χ0n) is 15.2. The van der Waals surface area contributed by atoms with Gasteiger partial charge in [0.05, 0.1) is 7.11 Å². The molecule has 2 saturated heterocycles. The van der Waals surface area contributed by atoms with E-state index in [9.17, 15) is 0 Å². The highest BCUT2D eigenvalue weighted by Crippen LogP contribution is 2.27. The third-order valence-electron chi connectivity index (χ3n) is 5.15. The molecule has 1 unspecified atom stereocenters. The van der Waals surface area contributed by atoms with E-state index in [1.54, 1.807) is 7.11 Å². The highest BCUT2D eigenvalue weighted by molar-refractivity contribution is 14.0. The fraction of sp³-hybridized carbons (Fsp3) is 0.632. The predicted octanol–water partition coefficient (Wildman–Crippen LogP) is 3.33. The Morgan fingerprint density at radius 3 is 2.68 bits per heavy atom. The van der Waals surface area contributed by atoms with Gasteiger partial charge in [-0.1, -0.05) is 18.9 Å². The summed E-state index contributed by atoms with van der Waals surface area (Å²) in [7, 11) is 1.71. The molecule has 2 aliphatic rings. The van der Waals surface area contributed by atoms with Crippen LogP contribution < -0.4 is 15.4 Å². The highest BCUT2D eigenvalue weighted by atomic mass is 127. The van der Waals surface area contributed by atoms with Crippen LogP contribution in [0.15, 0.2) is 29.3 Å². The van der Waals surface area contributed by atoms with Crippen molar-refractivity contribution in [1.82, 2.24) is 4.90 Å². The molecule has 0 radical (unpaired) electrons. The molecule has 2 N–H and O–H groups in total. The van der Waals surface area contributed by atoms with Crippen molar-refractivity contribution in [2.75, 3.05) is 44.7 Å². The number of hydrogen-bond acceptors (Lipinski definition) is 3. The molecule has 0 bridgehead atoms. The lowest BCUT2D eigenvalue weighted by atomic mass is 10.1. The number of halogens is 1. The number of methoxy groups -OCH3 is 1. The summed E-state index contributed by atoms with van der Waals surface area (Å²) in [6, 6.07) is 8.30. The van der Waals surface area contributed by atoms with E-state index in [2.05, 4.69) is 28.0 Å². The Bertz CT molecular complexity index is 558. The molecule has 0 aromatic heterocycles. The minimum atomic E-state index is 0. The van der Waals surface area contributed by atoms with Gasteiger partial charge in [-0.15, -0.1) is 24.0 Å². The number of likely N-dealkylation sites (tertiary alicyclic amines) is 1. The molecule has 2 aliphatic heterocycles. The number of rotatable bonds is 4. The number of nitrogens with two attached hydrogens (primary N) is 1. The summed E-state index contributed by atoms with van der Waals surface area (Å²) in [5.74, 6) is 2.25. The molecule has 140 valence electrons. The maximum Gasteiger partial charge on any atom is 0.191 e. The lowest BCUT2D eigenvalue weighted by molar-refractivity contribution is 0.415. The molecule has 5 nitrogen and oxygen atoms in total. The van der Waals surface area contributed by atoms with Crippen molar-refractivity contribution in [1.29, 1.82) is 0 Å². The van der Waals surface area contributed by atoms with Gasteiger partial charge in [-0.25, -0.2) is 0 Å². The zero-order chi connectivity index (χ0) is 16.8. The van der Waals surface area contributed by atoms with E-state index in [1.165, 1.54) is 37.8 Å². The van der Waals surface area contributed by atoms with Crippen LogP contribution >= 0.6 is 24.0 Å². The van der Waals surface area contributed by atoms with E-state index in [0.29, 0.717) is 5.92 Å². The van der Waals surface area contributed by atoms with Crippen LogP contribution in [-0.4, -0.2) is 50.7 Å². The summed E-state index contributed by atoms with van der Waals surface area (Å²) in [4.78, 5) is 9.39. The fourth-order valence-electron chi connectivity index (χ4n) is 3.65. The van der Waals surface area contributed by atoms with Crippen molar-refractivity contribution >= 4 is 35.6 Å². The van der Waals surface area contributed by atoms with E-state index in [0.717, 1.165) is 44.4 Å². The van der Waals surface area contributed by atoms with Gasteiger partial charge in [0, 0.05) is 44.5 Å². The molecule has 1 atom stereocenters. The molecule has 25 heavy (non-hydrogen) atoms. The van der Waals surface area contributed by atoms with E-state index in [1.807, 2.05) is 6.07 Å². The van der Waals surface area contributed by atoms with Gasteiger partial charge < -0.3 is 20.3 Å². The van der Waals surface area contributed by atoms with Gasteiger partial charge in [-0.3, -0.25) is 4.99 Å². The van der Waals surface area contributed by atoms with Gasteiger partial charge >= 0.3 is 0 Å². The predicted molar refractivity (Wildman–Crippen MR) is 115 cm³/mol.